The zero-order chi connectivity index (χ0) is 30.6. The van der Waals surface area contributed by atoms with E-state index in [1.165, 1.54) is 0 Å². The molecule has 23 heteroatoms. The van der Waals surface area contributed by atoms with Crippen LogP contribution in [0.4, 0.5) is 0 Å². The van der Waals surface area contributed by atoms with Crippen LogP contribution in [0.3, 0.4) is 0 Å². The normalized spacial score (nSPS) is 11.6. The maximum atomic E-state index is 11.7. The zero-order valence-corrected chi connectivity index (χ0v) is 29.6. The molecule has 0 aliphatic heterocycles. The van der Waals surface area contributed by atoms with Crippen LogP contribution in [0.25, 0.3) is 0 Å². The summed E-state index contributed by atoms with van der Waals surface area (Å²) >= 11 is 0. The van der Waals surface area contributed by atoms with E-state index >= 15 is 0 Å². The van der Waals surface area contributed by atoms with E-state index in [1.54, 1.807) is 0 Å². The number of carbonyl (C=O) groups excluding carboxylic acids is 7. The van der Waals surface area contributed by atoms with Crippen LogP contribution in [-0.2, 0) is 106 Å². The number of hydrogen-bond donors (Lipinski definition) is 4. The predicted molar refractivity (Wildman–Crippen MR) is 91.7 cm³/mol. The van der Waals surface area contributed by atoms with Gasteiger partial charge in [0.15, 0.2) is 11.2 Å². The van der Waals surface area contributed by atoms with Crippen molar-refractivity contribution in [2.45, 2.75) is 55.3 Å². The molecule has 0 radical (unpaired) electrons. The molecule has 0 aliphatic carbocycles. The topological polar surface area (TPSA) is 382 Å². The third kappa shape index (κ3) is 18.1. The van der Waals surface area contributed by atoms with Gasteiger partial charge < -0.3 is 84.6 Å². The number of carboxylic acid groups (broad SMARTS) is 8. The molecule has 20 nitrogen and oxygen atoms in total. The standard InChI is InChI=1S/C12H14O13.C6H8O7.3Zn/c13-5(14)1-11(24,9(20)21)4-8(19)25-12(10(22)23,2-6(15)16)3-7(17)18;7-3(8)1-6(13,5(11)12)2-4(9)10;;;/h24H,1-4H2,(H,13,14)(H,15,16)(H,17,18)(H,20,21)(H,22,23);13H,1-2H2,(H,7,8)(H,9,10)(H,11,12);;;/q;;3*+2/p-6. The van der Waals surface area contributed by atoms with Gasteiger partial charge in [-0.25, -0.2) is 4.79 Å². The first-order valence-electron chi connectivity index (χ1n) is 9.36. The maximum absolute atomic E-state index is 11.7. The Kier molecular flexibility index (Phi) is 23.3. The first kappa shape index (κ1) is 47.8. The van der Waals surface area contributed by atoms with Gasteiger partial charge >= 0.3 is 76.3 Å². The molecule has 0 heterocycles. The Morgan fingerprint density at radius 2 is 0.854 bits per heavy atom. The second kappa shape index (κ2) is 20.0. The van der Waals surface area contributed by atoms with Crippen LogP contribution >= 0.6 is 0 Å². The van der Waals surface area contributed by atoms with E-state index in [0.29, 0.717) is 0 Å². The minimum atomic E-state index is -3.31. The Hall–Kier alpha value is -2.98. The molecule has 1 atom stereocenters. The fourth-order valence-corrected chi connectivity index (χ4v) is 2.43. The van der Waals surface area contributed by atoms with Gasteiger partial charge in [-0.05, 0) is 0 Å². The first-order valence-corrected chi connectivity index (χ1v) is 9.36. The van der Waals surface area contributed by atoms with Crippen molar-refractivity contribution in [1.29, 1.82) is 0 Å². The maximum Gasteiger partial charge on any atom is 2.00 e. The summed E-state index contributed by atoms with van der Waals surface area (Å²) in [5.74, 6) is -18.7. The Labute approximate surface area is 265 Å². The fraction of sp³-hybridized carbons (Fsp3) is 0.500. The van der Waals surface area contributed by atoms with Crippen molar-refractivity contribution in [2.24, 2.45) is 0 Å². The smallest absolute Gasteiger partial charge is 0.550 e. The molecule has 0 saturated carbocycles. The summed E-state index contributed by atoms with van der Waals surface area (Å²) in [4.78, 5) is 95.3. The van der Waals surface area contributed by atoms with Crippen molar-refractivity contribution in [3.05, 3.63) is 0 Å². The van der Waals surface area contributed by atoms with Gasteiger partial charge in [-0.15, -0.1) is 0 Å². The molecule has 0 aliphatic rings. The molecule has 0 fully saturated rings. The minimum absolute atomic E-state index is 0. The number of rotatable bonds is 16. The molecule has 0 saturated heterocycles. The summed E-state index contributed by atoms with van der Waals surface area (Å²) in [5.41, 5.74) is -9.50. The van der Waals surface area contributed by atoms with Gasteiger partial charge in [-0.1, -0.05) is 0 Å². The van der Waals surface area contributed by atoms with E-state index in [1.807, 2.05) is 0 Å². The molecule has 0 aromatic rings. The summed E-state index contributed by atoms with van der Waals surface area (Å²) in [6, 6.07) is 0. The van der Waals surface area contributed by atoms with Crippen LogP contribution in [0.1, 0.15) is 38.5 Å². The average Bonchev–Trinajstić information content (AvgIpc) is 2.64. The van der Waals surface area contributed by atoms with Crippen LogP contribution in [-0.4, -0.2) is 91.0 Å². The molecule has 0 rings (SSSR count). The summed E-state index contributed by atoms with van der Waals surface area (Å²) < 4.78 is 4.19. The Morgan fingerprint density at radius 1 is 0.512 bits per heavy atom. The molecule has 0 amide bonds. The predicted octanol–water partition coefficient (Wildman–Crippen LogP) is -11.3. The molecule has 0 spiro atoms. The van der Waals surface area contributed by atoms with Crippen molar-refractivity contribution in [3.8, 4) is 0 Å². The number of carbonyl (C=O) groups is 9. The first-order chi connectivity index (χ1) is 17.0. The second-order valence-corrected chi connectivity index (χ2v) is 7.35. The number of hydrogen-bond acceptors (Lipinski definition) is 18. The summed E-state index contributed by atoms with van der Waals surface area (Å²) in [6.07, 6.45) is -9.19. The SMILES string of the molecule is O=C([O-])CC(CC(=O)[O-])(OC(=O)CC(O)(CC(=O)O)C(=O)O)C(=O)[O-].O=C([O-])CC(O)(CC(=O)[O-])C(=O)[O-].[Zn+2].[Zn+2].[Zn+2]. The Morgan fingerprint density at radius 3 is 1.07 bits per heavy atom. The van der Waals surface area contributed by atoms with E-state index in [0.717, 1.165) is 0 Å². The van der Waals surface area contributed by atoms with E-state index in [4.69, 9.17) is 15.3 Å². The largest absolute Gasteiger partial charge is 2.00 e. The zero-order valence-electron chi connectivity index (χ0n) is 20.7. The van der Waals surface area contributed by atoms with Crippen LogP contribution < -0.4 is 30.6 Å². The summed E-state index contributed by atoms with van der Waals surface area (Å²) in [5, 5.41) is 98.1. The van der Waals surface area contributed by atoms with Crippen LogP contribution in [0.5, 0.6) is 0 Å². The van der Waals surface area contributed by atoms with Crippen molar-refractivity contribution in [3.63, 3.8) is 0 Å². The van der Waals surface area contributed by atoms with Gasteiger partial charge in [0.2, 0.25) is 0 Å². The van der Waals surface area contributed by atoms with Crippen LogP contribution in [0, 0.1) is 0 Å². The number of esters is 1. The quantitative estimate of drug-likeness (QED) is 0.0840. The molecule has 0 aromatic heterocycles. The molecular weight excluding hydrogens is 732 g/mol. The van der Waals surface area contributed by atoms with E-state index in [9.17, 15) is 78.9 Å². The van der Waals surface area contributed by atoms with Crippen LogP contribution in [0.2, 0.25) is 0 Å². The van der Waals surface area contributed by atoms with Gasteiger partial charge in [0.1, 0.15) is 5.60 Å². The van der Waals surface area contributed by atoms with Crippen LogP contribution in [0.15, 0.2) is 0 Å². The number of aliphatic hydroxyl groups is 2. The molecular formula is C18H16O20Zn3. The molecule has 0 aromatic carbocycles. The molecule has 41 heavy (non-hydrogen) atoms. The van der Waals surface area contributed by atoms with E-state index in [2.05, 4.69) is 4.74 Å². The average molecular weight is 748 g/mol. The third-order valence-corrected chi connectivity index (χ3v) is 4.07. The number of carboxylic acids is 8. The van der Waals surface area contributed by atoms with Gasteiger partial charge in [-0.2, -0.15) is 0 Å². The van der Waals surface area contributed by atoms with E-state index in [-0.39, 0.29) is 58.4 Å². The molecule has 1 unspecified atom stereocenters. The van der Waals surface area contributed by atoms with Gasteiger partial charge in [0.25, 0.3) is 0 Å². The van der Waals surface area contributed by atoms with E-state index < -0.39 is 109 Å². The molecule has 0 bridgehead atoms. The van der Waals surface area contributed by atoms with Gasteiger partial charge in [-0.3, -0.25) is 9.59 Å². The Balaban J connectivity index is -0.000000231. The molecule has 214 valence electrons. The number of ether oxygens (including phenoxy) is 1. The van der Waals surface area contributed by atoms with Crippen molar-refractivity contribution in [1.82, 2.24) is 0 Å². The van der Waals surface area contributed by atoms with Gasteiger partial charge in [0, 0.05) is 49.6 Å². The third-order valence-electron chi connectivity index (χ3n) is 4.07. The number of aliphatic carboxylic acids is 8. The van der Waals surface area contributed by atoms with Crippen molar-refractivity contribution >= 4 is 53.7 Å². The molecule has 4 N–H and O–H groups in total. The van der Waals surface area contributed by atoms with Crippen molar-refractivity contribution < 1.29 is 157 Å². The van der Waals surface area contributed by atoms with Gasteiger partial charge in [0.05, 0.1) is 24.8 Å². The fourth-order valence-electron chi connectivity index (χ4n) is 2.43. The van der Waals surface area contributed by atoms with Crippen molar-refractivity contribution in [2.75, 3.05) is 0 Å². The monoisotopic (exact) mass is 744 g/mol. The summed E-state index contributed by atoms with van der Waals surface area (Å²) in [6.45, 7) is 0. The minimum Gasteiger partial charge on any atom is -0.550 e. The Bertz CT molecular complexity index is 977. The second-order valence-electron chi connectivity index (χ2n) is 7.35. The summed E-state index contributed by atoms with van der Waals surface area (Å²) in [7, 11) is 0.